The molecule has 0 spiro atoms. The van der Waals surface area contributed by atoms with Crippen LogP contribution in [0.25, 0.3) is 0 Å². The van der Waals surface area contributed by atoms with Gasteiger partial charge in [0.2, 0.25) is 0 Å². The van der Waals surface area contributed by atoms with Gasteiger partial charge in [0.1, 0.15) is 5.75 Å². The van der Waals surface area contributed by atoms with Gasteiger partial charge in [-0.2, -0.15) is 0 Å². The lowest BCUT2D eigenvalue weighted by atomic mass is 10.2. The molecule has 0 radical (unpaired) electrons. The first-order valence-electron chi connectivity index (χ1n) is 3.26. The number of ether oxygens (including phenoxy) is 1. The molecule has 0 heterocycles. The monoisotopic (exact) mass is 252 g/mol. The van der Waals surface area contributed by atoms with Crippen LogP contribution in [0.15, 0.2) is 10.5 Å². The van der Waals surface area contributed by atoms with E-state index in [0.29, 0.717) is 5.75 Å². The minimum atomic E-state index is -0.487. The summed E-state index contributed by atoms with van der Waals surface area (Å²) in [6.45, 7) is 1.80. The van der Waals surface area contributed by atoms with E-state index in [9.17, 15) is 4.39 Å². The summed E-state index contributed by atoms with van der Waals surface area (Å²) >= 11 is 8.65. The number of hydrogen-bond donors (Lipinski definition) is 0. The summed E-state index contributed by atoms with van der Waals surface area (Å²) < 4.78 is 18.3. The molecule has 0 bridgehead atoms. The van der Waals surface area contributed by atoms with Gasteiger partial charge >= 0.3 is 0 Å². The van der Waals surface area contributed by atoms with Gasteiger partial charge in [-0.15, -0.1) is 0 Å². The Kier molecular flexibility index (Phi) is 2.96. The van der Waals surface area contributed by atoms with Crippen LogP contribution < -0.4 is 4.74 Å². The van der Waals surface area contributed by atoms with E-state index in [0.717, 1.165) is 5.56 Å². The van der Waals surface area contributed by atoms with Crippen molar-refractivity contribution in [2.45, 2.75) is 6.92 Å². The van der Waals surface area contributed by atoms with Crippen molar-refractivity contribution in [3.63, 3.8) is 0 Å². The third kappa shape index (κ3) is 1.57. The van der Waals surface area contributed by atoms with Gasteiger partial charge < -0.3 is 4.74 Å². The number of aryl methyl sites for hydroxylation is 1. The zero-order valence-corrected chi connectivity index (χ0v) is 8.96. The average Bonchev–Trinajstić information content (AvgIpc) is 2.01. The molecular formula is C8H7BrClFO. The zero-order valence-electron chi connectivity index (χ0n) is 6.62. The quantitative estimate of drug-likeness (QED) is 0.695. The summed E-state index contributed by atoms with van der Waals surface area (Å²) in [5.41, 5.74) is 0.802. The molecule has 1 rings (SSSR count). The molecule has 0 aliphatic heterocycles. The van der Waals surface area contributed by atoms with Crippen molar-refractivity contribution < 1.29 is 9.13 Å². The highest BCUT2D eigenvalue weighted by molar-refractivity contribution is 9.10. The van der Waals surface area contributed by atoms with Crippen LogP contribution in [0.3, 0.4) is 0 Å². The van der Waals surface area contributed by atoms with E-state index in [4.69, 9.17) is 16.3 Å². The fourth-order valence-corrected chi connectivity index (χ4v) is 2.01. The summed E-state index contributed by atoms with van der Waals surface area (Å²) in [6.07, 6.45) is 0. The molecule has 4 heteroatoms. The van der Waals surface area contributed by atoms with Gasteiger partial charge in [0, 0.05) is 0 Å². The fourth-order valence-electron chi connectivity index (χ4n) is 0.947. The van der Waals surface area contributed by atoms with Crippen molar-refractivity contribution in [3.8, 4) is 5.75 Å². The molecule has 1 aromatic rings. The lowest BCUT2D eigenvalue weighted by Crippen LogP contribution is -1.92. The average molecular weight is 253 g/mol. The predicted molar refractivity (Wildman–Crippen MR) is 50.4 cm³/mol. The Hall–Kier alpha value is -0.280. The van der Waals surface area contributed by atoms with Crippen LogP contribution in [0.4, 0.5) is 4.39 Å². The molecule has 1 aromatic carbocycles. The smallest absolute Gasteiger partial charge is 0.159 e. The van der Waals surface area contributed by atoms with Gasteiger partial charge in [-0.25, -0.2) is 4.39 Å². The second kappa shape index (κ2) is 3.62. The molecule has 0 saturated heterocycles. The second-order valence-electron chi connectivity index (χ2n) is 2.34. The van der Waals surface area contributed by atoms with E-state index in [1.807, 2.05) is 0 Å². The van der Waals surface area contributed by atoms with Gasteiger partial charge in [0.15, 0.2) is 5.82 Å². The molecule has 66 valence electrons. The molecule has 0 amide bonds. The second-order valence-corrected chi connectivity index (χ2v) is 3.54. The molecule has 0 atom stereocenters. The first-order valence-corrected chi connectivity index (χ1v) is 4.43. The highest BCUT2D eigenvalue weighted by Crippen LogP contribution is 2.35. The molecular weight excluding hydrogens is 246 g/mol. The largest absolute Gasteiger partial charge is 0.495 e. The van der Waals surface area contributed by atoms with Crippen molar-refractivity contribution in [1.82, 2.24) is 0 Å². The molecule has 0 N–H and O–H groups in total. The van der Waals surface area contributed by atoms with Gasteiger partial charge in [-0.05, 0) is 34.5 Å². The van der Waals surface area contributed by atoms with Gasteiger partial charge in [0.05, 0.1) is 16.6 Å². The molecule has 0 unspecified atom stereocenters. The highest BCUT2D eigenvalue weighted by Gasteiger charge is 2.13. The Morgan fingerprint density at radius 1 is 1.58 bits per heavy atom. The summed E-state index contributed by atoms with van der Waals surface area (Å²) in [6, 6.07) is 1.53. The van der Waals surface area contributed by atoms with E-state index < -0.39 is 5.82 Å². The molecule has 0 saturated carbocycles. The Labute approximate surface area is 83.6 Å². The van der Waals surface area contributed by atoms with E-state index in [-0.39, 0.29) is 9.50 Å². The van der Waals surface area contributed by atoms with Gasteiger partial charge in [-0.3, -0.25) is 0 Å². The Morgan fingerprint density at radius 2 is 2.17 bits per heavy atom. The van der Waals surface area contributed by atoms with Gasteiger partial charge in [0.25, 0.3) is 0 Å². The third-order valence-electron chi connectivity index (χ3n) is 1.51. The molecule has 0 aliphatic carbocycles. The van der Waals surface area contributed by atoms with E-state index in [1.54, 1.807) is 6.92 Å². The van der Waals surface area contributed by atoms with Crippen molar-refractivity contribution in [3.05, 3.63) is 26.9 Å². The molecule has 0 aliphatic rings. The number of rotatable bonds is 1. The maximum absolute atomic E-state index is 13.1. The zero-order chi connectivity index (χ0) is 9.30. The number of methoxy groups -OCH3 is 1. The van der Waals surface area contributed by atoms with Gasteiger partial charge in [-0.1, -0.05) is 11.6 Å². The van der Waals surface area contributed by atoms with Crippen LogP contribution in [0, 0.1) is 12.7 Å². The van der Waals surface area contributed by atoms with Crippen LogP contribution in [0.2, 0.25) is 5.02 Å². The molecule has 0 aromatic heterocycles. The number of benzene rings is 1. The van der Waals surface area contributed by atoms with Crippen LogP contribution in [-0.4, -0.2) is 7.11 Å². The maximum Gasteiger partial charge on any atom is 0.159 e. The SMILES string of the molecule is COc1c(C)cc(Cl)c(F)c1Br. The van der Waals surface area contributed by atoms with E-state index in [1.165, 1.54) is 13.2 Å². The highest BCUT2D eigenvalue weighted by atomic mass is 79.9. The first-order chi connectivity index (χ1) is 5.57. The number of halogens is 3. The Bertz CT molecular complexity index is 314. The Balaban J connectivity index is 3.40. The Morgan fingerprint density at radius 3 is 2.67 bits per heavy atom. The lowest BCUT2D eigenvalue weighted by molar-refractivity contribution is 0.404. The fraction of sp³-hybridized carbons (Fsp3) is 0.250. The first kappa shape index (κ1) is 9.81. The third-order valence-corrected chi connectivity index (χ3v) is 2.49. The lowest BCUT2D eigenvalue weighted by Gasteiger charge is -2.08. The summed E-state index contributed by atoms with van der Waals surface area (Å²) in [7, 11) is 1.49. The van der Waals surface area contributed by atoms with Crippen LogP contribution in [0.5, 0.6) is 5.75 Å². The van der Waals surface area contributed by atoms with E-state index >= 15 is 0 Å². The van der Waals surface area contributed by atoms with Crippen LogP contribution in [-0.2, 0) is 0 Å². The maximum atomic E-state index is 13.1. The van der Waals surface area contributed by atoms with Crippen molar-refractivity contribution in [2.24, 2.45) is 0 Å². The van der Waals surface area contributed by atoms with E-state index in [2.05, 4.69) is 15.9 Å². The standard InChI is InChI=1S/C8H7BrClFO/c1-4-3-5(10)7(11)6(9)8(4)12-2/h3H,1-2H3. The van der Waals surface area contributed by atoms with Crippen molar-refractivity contribution >= 4 is 27.5 Å². The predicted octanol–water partition coefficient (Wildman–Crippen LogP) is 3.56. The summed E-state index contributed by atoms with van der Waals surface area (Å²) in [4.78, 5) is 0. The minimum absolute atomic E-state index is 0.0974. The topological polar surface area (TPSA) is 9.23 Å². The van der Waals surface area contributed by atoms with Crippen molar-refractivity contribution in [1.29, 1.82) is 0 Å². The van der Waals surface area contributed by atoms with Crippen LogP contribution >= 0.6 is 27.5 Å². The summed E-state index contributed by atoms with van der Waals surface area (Å²) in [5, 5.41) is 0.0974. The minimum Gasteiger partial charge on any atom is -0.495 e. The summed E-state index contributed by atoms with van der Waals surface area (Å²) in [5.74, 6) is -0.00369. The number of hydrogen-bond acceptors (Lipinski definition) is 1. The normalized spacial score (nSPS) is 10.1. The van der Waals surface area contributed by atoms with Crippen LogP contribution in [0.1, 0.15) is 5.56 Å². The molecule has 0 fully saturated rings. The molecule has 12 heavy (non-hydrogen) atoms. The molecule has 1 nitrogen and oxygen atoms in total. The van der Waals surface area contributed by atoms with Crippen molar-refractivity contribution in [2.75, 3.05) is 7.11 Å².